The second kappa shape index (κ2) is 6.60. The van der Waals surface area contributed by atoms with Crippen molar-refractivity contribution in [2.24, 2.45) is 0 Å². The van der Waals surface area contributed by atoms with Crippen molar-refractivity contribution in [3.05, 3.63) is 35.6 Å². The van der Waals surface area contributed by atoms with Crippen molar-refractivity contribution in [2.45, 2.75) is 43.4 Å². The van der Waals surface area contributed by atoms with Crippen LogP contribution in [0.2, 0.25) is 0 Å². The molecule has 0 saturated carbocycles. The number of aliphatic hydroxyl groups excluding tert-OH is 4. The monoisotopic (exact) mass is 286 g/mol. The summed E-state index contributed by atoms with van der Waals surface area (Å²) in [7, 11) is 0. The van der Waals surface area contributed by atoms with Gasteiger partial charge in [0.15, 0.2) is 0 Å². The van der Waals surface area contributed by atoms with Gasteiger partial charge in [-0.15, -0.1) is 0 Å². The standard InChI is InChI=1S/C14H19FO5/c15-9-3-1-2-8(6-9)4-5-10-12(17)14(19)13(18)11(7-16)20-10/h1-3,6,10-14,16-19H,4-5,7H2/t10-,11+,12-,13+,14+/m0/s1. The van der Waals surface area contributed by atoms with E-state index in [1.54, 1.807) is 12.1 Å². The van der Waals surface area contributed by atoms with Crippen LogP contribution in [-0.2, 0) is 11.2 Å². The molecule has 0 amide bonds. The minimum absolute atomic E-state index is 0.337. The molecule has 2 rings (SSSR count). The minimum atomic E-state index is -1.36. The van der Waals surface area contributed by atoms with Crippen LogP contribution in [0.1, 0.15) is 12.0 Å². The summed E-state index contributed by atoms with van der Waals surface area (Å²) in [4.78, 5) is 0. The van der Waals surface area contributed by atoms with E-state index < -0.39 is 37.1 Å². The first-order valence-corrected chi connectivity index (χ1v) is 6.58. The summed E-state index contributed by atoms with van der Waals surface area (Å²) in [5.41, 5.74) is 0.752. The molecule has 0 spiro atoms. The number of aryl methyl sites for hydroxylation is 1. The van der Waals surface area contributed by atoms with Gasteiger partial charge in [-0.25, -0.2) is 4.39 Å². The Hall–Kier alpha value is -1.05. The summed E-state index contributed by atoms with van der Waals surface area (Å²) in [6.07, 6.45) is -4.74. The van der Waals surface area contributed by atoms with Crippen molar-refractivity contribution in [3.63, 3.8) is 0 Å². The summed E-state index contributed by atoms with van der Waals surface area (Å²) in [6, 6.07) is 6.09. The molecule has 6 heteroatoms. The van der Waals surface area contributed by atoms with Crippen molar-refractivity contribution >= 4 is 0 Å². The quantitative estimate of drug-likeness (QED) is 0.605. The Labute approximate surface area is 116 Å². The van der Waals surface area contributed by atoms with Crippen molar-refractivity contribution in [2.75, 3.05) is 6.61 Å². The fraction of sp³-hybridized carbons (Fsp3) is 0.571. The van der Waals surface area contributed by atoms with Gasteiger partial charge in [0.25, 0.3) is 0 Å². The Morgan fingerprint density at radius 1 is 1.05 bits per heavy atom. The SMILES string of the molecule is OC[C@H]1O[C@@H](CCc2cccc(F)c2)[C@H](O)[C@@H](O)[C@@H]1O. The molecule has 0 aromatic heterocycles. The average molecular weight is 286 g/mol. The lowest BCUT2D eigenvalue weighted by molar-refractivity contribution is -0.230. The van der Waals surface area contributed by atoms with Crippen molar-refractivity contribution < 1.29 is 29.6 Å². The fourth-order valence-corrected chi connectivity index (χ4v) is 2.42. The molecule has 0 aliphatic carbocycles. The highest BCUT2D eigenvalue weighted by Gasteiger charge is 2.42. The lowest BCUT2D eigenvalue weighted by Crippen LogP contribution is -2.58. The fourth-order valence-electron chi connectivity index (χ4n) is 2.42. The molecule has 4 N–H and O–H groups in total. The van der Waals surface area contributed by atoms with Gasteiger partial charge in [-0.1, -0.05) is 12.1 Å². The molecule has 1 aliphatic rings. The van der Waals surface area contributed by atoms with E-state index >= 15 is 0 Å². The Bertz CT molecular complexity index is 439. The number of rotatable bonds is 4. The third-order valence-corrected chi connectivity index (χ3v) is 3.60. The van der Waals surface area contributed by atoms with Crippen molar-refractivity contribution in [3.8, 4) is 0 Å². The van der Waals surface area contributed by atoms with Crippen molar-refractivity contribution in [1.29, 1.82) is 0 Å². The van der Waals surface area contributed by atoms with E-state index in [0.717, 1.165) is 5.56 Å². The minimum Gasteiger partial charge on any atom is -0.394 e. The van der Waals surface area contributed by atoms with Crippen LogP contribution in [0.15, 0.2) is 24.3 Å². The van der Waals surface area contributed by atoms with Crippen LogP contribution in [0, 0.1) is 5.82 Å². The largest absolute Gasteiger partial charge is 0.394 e. The van der Waals surface area contributed by atoms with Crippen LogP contribution in [-0.4, -0.2) is 57.6 Å². The maximum absolute atomic E-state index is 13.1. The van der Waals surface area contributed by atoms with Crippen LogP contribution in [0.5, 0.6) is 0 Å². The summed E-state index contributed by atoms with van der Waals surface area (Å²) >= 11 is 0. The van der Waals surface area contributed by atoms with Gasteiger partial charge in [-0.3, -0.25) is 0 Å². The van der Waals surface area contributed by atoms with E-state index in [9.17, 15) is 19.7 Å². The highest BCUT2D eigenvalue weighted by atomic mass is 19.1. The maximum atomic E-state index is 13.1. The van der Waals surface area contributed by atoms with E-state index in [0.29, 0.717) is 12.8 Å². The molecule has 0 unspecified atom stereocenters. The predicted octanol–water partition coefficient (Wildman–Crippen LogP) is -0.399. The summed E-state index contributed by atoms with van der Waals surface area (Å²) in [5.74, 6) is -0.337. The molecule has 112 valence electrons. The zero-order chi connectivity index (χ0) is 14.7. The zero-order valence-corrected chi connectivity index (χ0v) is 10.9. The van der Waals surface area contributed by atoms with Gasteiger partial charge < -0.3 is 25.2 Å². The van der Waals surface area contributed by atoms with E-state index in [2.05, 4.69) is 0 Å². The van der Waals surface area contributed by atoms with E-state index in [1.807, 2.05) is 0 Å². The van der Waals surface area contributed by atoms with Crippen LogP contribution < -0.4 is 0 Å². The number of ether oxygens (including phenoxy) is 1. The zero-order valence-electron chi connectivity index (χ0n) is 10.9. The number of halogens is 1. The normalized spacial score (nSPS) is 34.1. The lowest BCUT2D eigenvalue weighted by atomic mass is 9.92. The molecule has 1 aliphatic heterocycles. The number of hydrogen-bond donors (Lipinski definition) is 4. The topological polar surface area (TPSA) is 90.2 Å². The smallest absolute Gasteiger partial charge is 0.123 e. The first kappa shape index (κ1) is 15.3. The van der Waals surface area contributed by atoms with Crippen molar-refractivity contribution in [1.82, 2.24) is 0 Å². The Balaban J connectivity index is 1.97. The average Bonchev–Trinajstić information content (AvgIpc) is 2.44. The summed E-state index contributed by atoms with van der Waals surface area (Å²) < 4.78 is 18.4. The third-order valence-electron chi connectivity index (χ3n) is 3.60. The maximum Gasteiger partial charge on any atom is 0.123 e. The highest BCUT2D eigenvalue weighted by molar-refractivity contribution is 5.16. The van der Waals surface area contributed by atoms with Gasteiger partial charge in [-0.05, 0) is 30.5 Å². The first-order valence-electron chi connectivity index (χ1n) is 6.58. The summed E-state index contributed by atoms with van der Waals surface area (Å²) in [6.45, 7) is -0.443. The molecule has 1 fully saturated rings. The first-order chi connectivity index (χ1) is 9.52. The Morgan fingerprint density at radius 2 is 1.75 bits per heavy atom. The molecular weight excluding hydrogens is 267 g/mol. The summed E-state index contributed by atoms with van der Waals surface area (Å²) in [5, 5.41) is 38.3. The lowest BCUT2D eigenvalue weighted by Gasteiger charge is -2.40. The van der Waals surface area contributed by atoms with Gasteiger partial charge in [0, 0.05) is 0 Å². The molecular formula is C14H19FO5. The molecule has 1 aromatic rings. The Morgan fingerprint density at radius 3 is 2.40 bits per heavy atom. The second-order valence-electron chi connectivity index (χ2n) is 5.04. The van der Waals surface area contributed by atoms with Gasteiger partial charge in [0.05, 0.1) is 12.7 Å². The molecule has 1 aromatic carbocycles. The van der Waals surface area contributed by atoms with Gasteiger partial charge in [0.2, 0.25) is 0 Å². The molecule has 5 atom stereocenters. The molecule has 20 heavy (non-hydrogen) atoms. The van der Waals surface area contributed by atoms with E-state index in [-0.39, 0.29) is 5.82 Å². The highest BCUT2D eigenvalue weighted by Crippen LogP contribution is 2.24. The van der Waals surface area contributed by atoms with Gasteiger partial charge >= 0.3 is 0 Å². The molecule has 0 bridgehead atoms. The number of hydrogen-bond acceptors (Lipinski definition) is 5. The van der Waals surface area contributed by atoms with Crippen LogP contribution in [0.25, 0.3) is 0 Å². The van der Waals surface area contributed by atoms with Crippen LogP contribution in [0.3, 0.4) is 0 Å². The van der Waals surface area contributed by atoms with Crippen LogP contribution >= 0.6 is 0 Å². The second-order valence-corrected chi connectivity index (χ2v) is 5.04. The van der Waals surface area contributed by atoms with E-state index in [1.165, 1.54) is 12.1 Å². The molecule has 1 saturated heterocycles. The molecule has 0 radical (unpaired) electrons. The van der Waals surface area contributed by atoms with Gasteiger partial charge in [0.1, 0.15) is 30.2 Å². The molecule has 5 nitrogen and oxygen atoms in total. The number of benzene rings is 1. The van der Waals surface area contributed by atoms with Crippen LogP contribution in [0.4, 0.5) is 4.39 Å². The number of aliphatic hydroxyl groups is 4. The van der Waals surface area contributed by atoms with Gasteiger partial charge in [-0.2, -0.15) is 0 Å². The molecule has 1 heterocycles. The third kappa shape index (κ3) is 3.34. The Kier molecular flexibility index (Phi) is 5.06. The predicted molar refractivity (Wildman–Crippen MR) is 68.5 cm³/mol. The van der Waals surface area contributed by atoms with E-state index in [4.69, 9.17) is 9.84 Å².